The van der Waals surface area contributed by atoms with E-state index in [1.807, 2.05) is 12.1 Å². The summed E-state index contributed by atoms with van der Waals surface area (Å²) in [6, 6.07) is 6.69. The van der Waals surface area contributed by atoms with E-state index in [1.54, 1.807) is 0 Å². The van der Waals surface area contributed by atoms with Crippen LogP contribution in [0.15, 0.2) is 18.2 Å². The summed E-state index contributed by atoms with van der Waals surface area (Å²) in [5.41, 5.74) is 1.26. The van der Waals surface area contributed by atoms with E-state index in [0.717, 1.165) is 12.5 Å². The number of rotatable bonds is 5. The standard InChI is InChI=1S/C19H28Cl2N2/c20-18-7-6-16(12-19(18)21)14-23-10-8-17(9-11-23)22-13-15-4-2-1-3-5-15/h6-7,12,15,17,22H,1-5,8-11,13-14H2. The fourth-order valence-corrected chi connectivity index (χ4v) is 4.24. The van der Waals surface area contributed by atoms with Crippen molar-refractivity contribution in [3.05, 3.63) is 33.8 Å². The Hall–Kier alpha value is -0.280. The molecule has 0 unspecified atom stereocenters. The van der Waals surface area contributed by atoms with Gasteiger partial charge in [0.05, 0.1) is 10.0 Å². The van der Waals surface area contributed by atoms with E-state index in [9.17, 15) is 0 Å². The predicted molar refractivity (Wildman–Crippen MR) is 99.3 cm³/mol. The van der Waals surface area contributed by atoms with Gasteiger partial charge in [-0.15, -0.1) is 0 Å². The fraction of sp³-hybridized carbons (Fsp3) is 0.684. The minimum Gasteiger partial charge on any atom is -0.314 e. The van der Waals surface area contributed by atoms with Crippen molar-refractivity contribution in [3.8, 4) is 0 Å². The second-order valence-corrected chi connectivity index (χ2v) is 8.03. The Morgan fingerprint density at radius 2 is 1.70 bits per heavy atom. The molecule has 1 saturated heterocycles. The lowest BCUT2D eigenvalue weighted by molar-refractivity contribution is 0.185. The van der Waals surface area contributed by atoms with E-state index in [2.05, 4.69) is 16.3 Å². The van der Waals surface area contributed by atoms with Crippen molar-refractivity contribution in [3.63, 3.8) is 0 Å². The first kappa shape index (κ1) is 17.5. The molecule has 0 amide bonds. The molecule has 2 fully saturated rings. The Morgan fingerprint density at radius 1 is 0.957 bits per heavy atom. The highest BCUT2D eigenvalue weighted by Crippen LogP contribution is 2.25. The van der Waals surface area contributed by atoms with E-state index in [0.29, 0.717) is 16.1 Å². The van der Waals surface area contributed by atoms with E-state index >= 15 is 0 Å². The van der Waals surface area contributed by atoms with Crippen LogP contribution >= 0.6 is 23.2 Å². The molecule has 0 aromatic heterocycles. The highest BCUT2D eigenvalue weighted by Gasteiger charge is 2.21. The molecule has 1 heterocycles. The first-order valence-corrected chi connectivity index (χ1v) is 9.86. The Morgan fingerprint density at radius 3 is 2.39 bits per heavy atom. The van der Waals surface area contributed by atoms with E-state index in [1.165, 1.54) is 70.1 Å². The average molecular weight is 355 g/mol. The molecule has 1 aromatic carbocycles. The van der Waals surface area contributed by atoms with Crippen LogP contribution in [0, 0.1) is 5.92 Å². The highest BCUT2D eigenvalue weighted by molar-refractivity contribution is 6.42. The van der Waals surface area contributed by atoms with Gasteiger partial charge in [-0.05, 0) is 68.9 Å². The lowest BCUT2D eigenvalue weighted by Gasteiger charge is -2.33. The van der Waals surface area contributed by atoms with Crippen molar-refractivity contribution in [2.75, 3.05) is 19.6 Å². The summed E-state index contributed by atoms with van der Waals surface area (Å²) in [4.78, 5) is 2.53. The molecule has 0 spiro atoms. The van der Waals surface area contributed by atoms with Gasteiger partial charge in [0, 0.05) is 12.6 Å². The van der Waals surface area contributed by atoms with Gasteiger partial charge in [-0.2, -0.15) is 0 Å². The molecule has 128 valence electrons. The van der Waals surface area contributed by atoms with E-state index < -0.39 is 0 Å². The molecule has 1 saturated carbocycles. The van der Waals surface area contributed by atoms with Gasteiger partial charge in [-0.1, -0.05) is 48.5 Å². The molecule has 0 bridgehead atoms. The molecule has 2 nitrogen and oxygen atoms in total. The summed E-state index contributed by atoms with van der Waals surface area (Å²) in [7, 11) is 0. The number of halogens is 2. The zero-order chi connectivity index (χ0) is 16.1. The summed E-state index contributed by atoms with van der Waals surface area (Å²) in [5.74, 6) is 0.929. The van der Waals surface area contributed by atoms with Gasteiger partial charge in [0.1, 0.15) is 0 Å². The molecule has 0 atom stereocenters. The van der Waals surface area contributed by atoms with Gasteiger partial charge in [0.2, 0.25) is 0 Å². The largest absolute Gasteiger partial charge is 0.314 e. The van der Waals surface area contributed by atoms with Crippen LogP contribution < -0.4 is 5.32 Å². The first-order chi connectivity index (χ1) is 11.2. The number of benzene rings is 1. The van der Waals surface area contributed by atoms with E-state index in [-0.39, 0.29) is 0 Å². The van der Waals surface area contributed by atoms with Crippen molar-refractivity contribution >= 4 is 23.2 Å². The summed E-state index contributed by atoms with van der Waals surface area (Å²) in [6.07, 6.45) is 9.71. The van der Waals surface area contributed by atoms with Crippen molar-refractivity contribution in [2.45, 2.75) is 57.5 Å². The Balaban J connectivity index is 1.38. The van der Waals surface area contributed by atoms with Crippen LogP contribution in [0.1, 0.15) is 50.5 Å². The molecule has 0 radical (unpaired) electrons. The lowest BCUT2D eigenvalue weighted by Crippen LogP contribution is -2.43. The SMILES string of the molecule is Clc1ccc(CN2CCC(NCC3CCCCC3)CC2)cc1Cl. The molecule has 3 rings (SSSR count). The van der Waals surface area contributed by atoms with Crippen molar-refractivity contribution in [2.24, 2.45) is 5.92 Å². The summed E-state index contributed by atoms with van der Waals surface area (Å²) < 4.78 is 0. The average Bonchev–Trinajstić information content (AvgIpc) is 2.58. The van der Waals surface area contributed by atoms with Gasteiger partial charge in [0.25, 0.3) is 0 Å². The Bertz CT molecular complexity index is 492. The lowest BCUT2D eigenvalue weighted by atomic mass is 9.89. The quantitative estimate of drug-likeness (QED) is 0.788. The second-order valence-electron chi connectivity index (χ2n) is 7.21. The summed E-state index contributed by atoms with van der Waals surface area (Å²) >= 11 is 12.1. The molecule has 23 heavy (non-hydrogen) atoms. The summed E-state index contributed by atoms with van der Waals surface area (Å²) in [5, 5.41) is 5.13. The molecule has 1 aliphatic heterocycles. The van der Waals surface area contributed by atoms with Gasteiger partial charge in [-0.25, -0.2) is 0 Å². The van der Waals surface area contributed by atoms with Gasteiger partial charge < -0.3 is 5.32 Å². The molecule has 4 heteroatoms. The molecule has 2 aliphatic rings. The number of nitrogens with zero attached hydrogens (tertiary/aromatic N) is 1. The number of hydrogen-bond donors (Lipinski definition) is 1. The Kier molecular flexibility index (Phi) is 6.64. The van der Waals surface area contributed by atoms with Crippen LogP contribution in [0.4, 0.5) is 0 Å². The van der Waals surface area contributed by atoms with Crippen molar-refractivity contribution < 1.29 is 0 Å². The third-order valence-corrected chi connectivity index (χ3v) is 6.14. The normalized spacial score (nSPS) is 21.7. The molecular weight excluding hydrogens is 327 g/mol. The number of nitrogens with one attached hydrogen (secondary N) is 1. The zero-order valence-electron chi connectivity index (χ0n) is 13.9. The number of likely N-dealkylation sites (tertiary alicyclic amines) is 1. The maximum Gasteiger partial charge on any atom is 0.0595 e. The van der Waals surface area contributed by atoms with Crippen LogP contribution in [0.25, 0.3) is 0 Å². The molecule has 1 N–H and O–H groups in total. The van der Waals surface area contributed by atoms with Crippen LogP contribution in [0.3, 0.4) is 0 Å². The third kappa shape index (κ3) is 5.35. The minimum absolute atomic E-state index is 0.640. The van der Waals surface area contributed by atoms with Crippen LogP contribution in [-0.4, -0.2) is 30.6 Å². The smallest absolute Gasteiger partial charge is 0.0595 e. The molecule has 1 aliphatic carbocycles. The topological polar surface area (TPSA) is 15.3 Å². The Labute approximate surface area is 150 Å². The van der Waals surface area contributed by atoms with Crippen LogP contribution in [0.5, 0.6) is 0 Å². The van der Waals surface area contributed by atoms with Crippen molar-refractivity contribution in [1.29, 1.82) is 0 Å². The van der Waals surface area contributed by atoms with Crippen molar-refractivity contribution in [1.82, 2.24) is 10.2 Å². The van der Waals surface area contributed by atoms with Gasteiger partial charge in [-0.3, -0.25) is 4.90 Å². The number of piperidine rings is 1. The minimum atomic E-state index is 0.640. The van der Waals surface area contributed by atoms with Crippen LogP contribution in [0.2, 0.25) is 10.0 Å². The highest BCUT2D eigenvalue weighted by atomic mass is 35.5. The third-order valence-electron chi connectivity index (χ3n) is 5.40. The first-order valence-electron chi connectivity index (χ1n) is 9.10. The van der Waals surface area contributed by atoms with Gasteiger partial charge in [0.15, 0.2) is 0 Å². The predicted octanol–water partition coefficient (Wildman–Crippen LogP) is 5.13. The van der Waals surface area contributed by atoms with Crippen LogP contribution in [-0.2, 0) is 6.54 Å². The maximum absolute atomic E-state index is 6.11. The van der Waals surface area contributed by atoms with E-state index in [4.69, 9.17) is 23.2 Å². The fourth-order valence-electron chi connectivity index (χ4n) is 3.92. The van der Waals surface area contributed by atoms with Gasteiger partial charge >= 0.3 is 0 Å². The monoisotopic (exact) mass is 354 g/mol. The molecular formula is C19H28Cl2N2. The zero-order valence-corrected chi connectivity index (χ0v) is 15.4. The summed E-state index contributed by atoms with van der Waals surface area (Å²) in [6.45, 7) is 4.55. The molecule has 1 aromatic rings. The number of hydrogen-bond acceptors (Lipinski definition) is 2. The second kappa shape index (κ2) is 8.71. The maximum atomic E-state index is 6.11.